The first-order chi connectivity index (χ1) is 15.1. The minimum Gasteiger partial charge on any atom is -0.493 e. The molecule has 1 aliphatic rings. The molecule has 0 atom stereocenters. The van der Waals surface area contributed by atoms with Crippen molar-refractivity contribution in [1.29, 1.82) is 0 Å². The molecule has 2 aromatic carbocycles. The molecule has 1 N–H and O–H groups in total. The second-order valence-corrected chi connectivity index (χ2v) is 6.33. The Morgan fingerprint density at radius 2 is 1.87 bits per heavy atom. The van der Waals surface area contributed by atoms with E-state index in [0.29, 0.717) is 41.6 Å². The molecule has 0 bridgehead atoms. The molecule has 3 aromatic rings. The molecule has 4 rings (SSSR count). The van der Waals surface area contributed by atoms with Gasteiger partial charge in [-0.25, -0.2) is 10.2 Å². The Labute approximate surface area is 177 Å². The number of nitrogens with one attached hydrogen (secondary N) is 1. The molecule has 2 heterocycles. The molecule has 0 fully saturated rings. The van der Waals surface area contributed by atoms with Crippen molar-refractivity contribution < 1.29 is 33.0 Å². The van der Waals surface area contributed by atoms with Gasteiger partial charge in [-0.3, -0.25) is 4.79 Å². The van der Waals surface area contributed by atoms with Gasteiger partial charge in [-0.05, 0) is 54.1 Å². The smallest absolute Gasteiger partial charge is 0.379 e. The van der Waals surface area contributed by atoms with Gasteiger partial charge in [0.2, 0.25) is 5.76 Å². The molecule has 1 aromatic heterocycles. The molecule has 0 saturated carbocycles. The Kier molecular flexibility index (Phi) is 5.84. The van der Waals surface area contributed by atoms with Gasteiger partial charge >= 0.3 is 5.97 Å². The van der Waals surface area contributed by atoms with Crippen molar-refractivity contribution in [1.82, 2.24) is 5.43 Å². The molecule has 0 aliphatic carbocycles. The highest BCUT2D eigenvalue weighted by molar-refractivity contribution is 5.95. The normalized spacial score (nSPS) is 12.4. The fourth-order valence-corrected chi connectivity index (χ4v) is 2.81. The summed E-state index contributed by atoms with van der Waals surface area (Å²) in [6, 6.07) is 12.8. The van der Waals surface area contributed by atoms with Gasteiger partial charge < -0.3 is 23.4 Å². The van der Waals surface area contributed by atoms with Gasteiger partial charge in [0.25, 0.3) is 5.91 Å². The average molecular weight is 422 g/mol. The van der Waals surface area contributed by atoms with Crippen molar-refractivity contribution in [3.63, 3.8) is 0 Å². The number of furan rings is 1. The monoisotopic (exact) mass is 422 g/mol. The Hall–Kier alpha value is -4.27. The van der Waals surface area contributed by atoms with Gasteiger partial charge in [0.15, 0.2) is 23.0 Å². The molecule has 0 saturated heterocycles. The van der Waals surface area contributed by atoms with Crippen LogP contribution in [0.4, 0.5) is 0 Å². The van der Waals surface area contributed by atoms with Crippen molar-refractivity contribution in [3.05, 3.63) is 71.7 Å². The van der Waals surface area contributed by atoms with Crippen molar-refractivity contribution in [2.24, 2.45) is 5.10 Å². The average Bonchev–Trinajstić information content (AvgIpc) is 3.34. The van der Waals surface area contributed by atoms with Gasteiger partial charge in [0.1, 0.15) is 13.2 Å². The number of hydrogen-bond acceptors (Lipinski definition) is 8. The number of carbonyl (C=O) groups excluding carboxylic acids is 2. The number of methoxy groups -OCH3 is 1. The highest BCUT2D eigenvalue weighted by Crippen LogP contribution is 2.31. The number of carbonyl (C=O) groups is 2. The number of amides is 1. The maximum atomic E-state index is 12.3. The highest BCUT2D eigenvalue weighted by Gasteiger charge is 2.16. The quantitative estimate of drug-likeness (QED) is 0.281. The fraction of sp³-hybridized carbons (Fsp3) is 0.136. The van der Waals surface area contributed by atoms with Crippen molar-refractivity contribution in [3.8, 4) is 23.0 Å². The maximum Gasteiger partial charge on any atom is 0.379 e. The largest absolute Gasteiger partial charge is 0.493 e. The van der Waals surface area contributed by atoms with Crippen LogP contribution in [0.2, 0.25) is 0 Å². The molecule has 158 valence electrons. The molecular weight excluding hydrogens is 404 g/mol. The summed E-state index contributed by atoms with van der Waals surface area (Å²) in [5.41, 5.74) is 3.46. The lowest BCUT2D eigenvalue weighted by atomic mass is 10.2. The van der Waals surface area contributed by atoms with Gasteiger partial charge in [0.05, 0.1) is 19.6 Å². The van der Waals surface area contributed by atoms with Crippen LogP contribution in [0.25, 0.3) is 0 Å². The van der Waals surface area contributed by atoms with Gasteiger partial charge in [-0.1, -0.05) is 0 Å². The van der Waals surface area contributed by atoms with E-state index in [2.05, 4.69) is 10.5 Å². The Morgan fingerprint density at radius 1 is 1.03 bits per heavy atom. The molecule has 9 nitrogen and oxygen atoms in total. The van der Waals surface area contributed by atoms with Gasteiger partial charge in [0, 0.05) is 5.56 Å². The molecule has 9 heteroatoms. The van der Waals surface area contributed by atoms with Crippen LogP contribution in [0.3, 0.4) is 0 Å². The van der Waals surface area contributed by atoms with E-state index >= 15 is 0 Å². The molecular formula is C22H18N2O7. The highest BCUT2D eigenvalue weighted by atomic mass is 16.6. The van der Waals surface area contributed by atoms with Gasteiger partial charge in [-0.15, -0.1) is 0 Å². The lowest BCUT2D eigenvalue weighted by Crippen LogP contribution is -2.19. The number of benzene rings is 2. The number of esters is 1. The molecule has 1 aliphatic heterocycles. The number of hydrazone groups is 1. The van der Waals surface area contributed by atoms with E-state index in [1.165, 1.54) is 25.7 Å². The van der Waals surface area contributed by atoms with Gasteiger partial charge in [-0.2, -0.15) is 5.10 Å². The van der Waals surface area contributed by atoms with E-state index in [-0.39, 0.29) is 11.5 Å². The molecule has 0 spiro atoms. The number of fused-ring (bicyclic) bond motifs is 1. The first kappa shape index (κ1) is 20.0. The minimum absolute atomic E-state index is 0.0783. The second-order valence-electron chi connectivity index (χ2n) is 6.33. The summed E-state index contributed by atoms with van der Waals surface area (Å²) in [5.74, 6) is 0.706. The summed E-state index contributed by atoms with van der Waals surface area (Å²) >= 11 is 0. The number of ether oxygens (including phenoxy) is 4. The number of hydrogen-bond donors (Lipinski definition) is 1. The van der Waals surface area contributed by atoms with Crippen LogP contribution in [0, 0.1) is 0 Å². The summed E-state index contributed by atoms with van der Waals surface area (Å²) in [4.78, 5) is 24.4. The molecule has 31 heavy (non-hydrogen) atoms. The first-order valence-corrected chi connectivity index (χ1v) is 9.31. The zero-order valence-electron chi connectivity index (χ0n) is 16.5. The topological polar surface area (TPSA) is 109 Å². The van der Waals surface area contributed by atoms with E-state index in [0.717, 1.165) is 0 Å². The predicted octanol–water partition coefficient (Wildman–Crippen LogP) is 3.04. The van der Waals surface area contributed by atoms with Crippen molar-refractivity contribution >= 4 is 18.1 Å². The fourth-order valence-electron chi connectivity index (χ4n) is 2.81. The van der Waals surface area contributed by atoms with Crippen LogP contribution < -0.4 is 24.4 Å². The Morgan fingerprint density at radius 3 is 2.65 bits per heavy atom. The third-order valence-corrected chi connectivity index (χ3v) is 4.30. The van der Waals surface area contributed by atoms with Crippen LogP contribution in [0.5, 0.6) is 23.0 Å². The molecule has 0 radical (unpaired) electrons. The third kappa shape index (κ3) is 4.67. The van der Waals surface area contributed by atoms with E-state index in [1.807, 2.05) is 0 Å². The SMILES string of the molecule is COc1cc(/C=N/NC(=O)c2ccc3c(c2)OCCO3)ccc1OC(=O)c1ccco1. The maximum absolute atomic E-state index is 12.3. The first-order valence-electron chi connectivity index (χ1n) is 9.31. The zero-order chi connectivity index (χ0) is 21.6. The lowest BCUT2D eigenvalue weighted by Gasteiger charge is -2.18. The summed E-state index contributed by atoms with van der Waals surface area (Å²) in [7, 11) is 1.45. The number of nitrogens with zero attached hydrogens (tertiary/aromatic N) is 1. The van der Waals surface area contributed by atoms with Crippen LogP contribution in [-0.2, 0) is 0 Å². The predicted molar refractivity (Wildman–Crippen MR) is 109 cm³/mol. The van der Waals surface area contributed by atoms with E-state index in [9.17, 15) is 9.59 Å². The summed E-state index contributed by atoms with van der Waals surface area (Å²) in [6.07, 6.45) is 2.82. The Bertz CT molecular complexity index is 1120. The third-order valence-electron chi connectivity index (χ3n) is 4.30. The van der Waals surface area contributed by atoms with E-state index < -0.39 is 11.9 Å². The summed E-state index contributed by atoms with van der Waals surface area (Å²) in [6.45, 7) is 0.915. The second kappa shape index (κ2) is 9.04. The van der Waals surface area contributed by atoms with Crippen molar-refractivity contribution in [2.45, 2.75) is 0 Å². The van der Waals surface area contributed by atoms with E-state index in [1.54, 1.807) is 42.5 Å². The molecule has 1 amide bonds. The summed E-state index contributed by atoms with van der Waals surface area (Å²) < 4.78 is 26.5. The zero-order valence-corrected chi connectivity index (χ0v) is 16.5. The van der Waals surface area contributed by atoms with Crippen molar-refractivity contribution in [2.75, 3.05) is 20.3 Å². The van der Waals surface area contributed by atoms with Crippen LogP contribution in [-0.4, -0.2) is 38.4 Å². The lowest BCUT2D eigenvalue weighted by molar-refractivity contribution is 0.0696. The standard InChI is InChI=1S/C22H18N2O7/c1-27-19-11-14(4-6-17(19)31-22(26)18-3-2-8-28-18)13-23-24-21(25)15-5-7-16-20(12-15)30-10-9-29-16/h2-8,11-13H,9-10H2,1H3,(H,24,25)/b23-13+. The van der Waals surface area contributed by atoms with Crippen LogP contribution >= 0.6 is 0 Å². The van der Waals surface area contributed by atoms with Crippen LogP contribution in [0.15, 0.2) is 64.3 Å². The number of rotatable bonds is 6. The minimum atomic E-state index is -0.642. The summed E-state index contributed by atoms with van der Waals surface area (Å²) in [5, 5.41) is 3.96. The van der Waals surface area contributed by atoms with Crippen LogP contribution in [0.1, 0.15) is 26.5 Å². The van der Waals surface area contributed by atoms with E-state index in [4.69, 9.17) is 23.4 Å². The Balaban J connectivity index is 1.40. The molecule has 0 unspecified atom stereocenters.